The first-order chi connectivity index (χ1) is 23.1. The minimum Gasteiger partial charge on any atom is -0.491 e. The zero-order valence-electron chi connectivity index (χ0n) is 26.9. The smallest absolute Gasteiger partial charge is 0.471 e. The van der Waals surface area contributed by atoms with Gasteiger partial charge in [-0.1, -0.05) is 30.7 Å². The first kappa shape index (κ1) is 37.1. The highest BCUT2D eigenvalue weighted by atomic mass is 35.5. The van der Waals surface area contributed by atoms with Crippen LogP contribution in [0.1, 0.15) is 41.2 Å². The summed E-state index contributed by atoms with van der Waals surface area (Å²) in [6.07, 6.45) is -3.83. The first-order valence-electron chi connectivity index (χ1n) is 15.7. The predicted octanol–water partition coefficient (Wildman–Crippen LogP) is 4.86. The van der Waals surface area contributed by atoms with Crippen molar-refractivity contribution in [1.29, 1.82) is 0 Å². The van der Waals surface area contributed by atoms with Crippen LogP contribution in [0.5, 0.6) is 5.75 Å². The number of hydrogen-bond donors (Lipinski definition) is 1. The number of amides is 1. The molecule has 1 amide bonds. The molecule has 49 heavy (non-hydrogen) atoms. The van der Waals surface area contributed by atoms with Gasteiger partial charge in [0.25, 0.3) is 0 Å². The molecule has 1 unspecified atom stereocenters. The molecule has 2 aliphatic rings. The Morgan fingerprint density at radius 2 is 1.65 bits per heavy atom. The largest absolute Gasteiger partial charge is 0.491 e. The molecule has 3 aromatic rings. The summed E-state index contributed by atoms with van der Waals surface area (Å²) < 4.78 is 109. The van der Waals surface area contributed by atoms with Gasteiger partial charge in [0.15, 0.2) is 0 Å². The lowest BCUT2D eigenvalue weighted by Gasteiger charge is -2.31. The molecule has 1 heterocycles. The number of nitrogens with zero attached hydrogens (tertiary/aromatic N) is 2. The monoisotopic (exact) mass is 743 g/mol. The van der Waals surface area contributed by atoms with Crippen molar-refractivity contribution in [3.8, 4) is 5.75 Å². The average Bonchev–Trinajstić information content (AvgIpc) is 3.49. The molecule has 1 N–H and O–H groups in total. The van der Waals surface area contributed by atoms with Crippen LogP contribution in [-0.2, 0) is 61.9 Å². The molecule has 1 aliphatic carbocycles. The van der Waals surface area contributed by atoms with Gasteiger partial charge < -0.3 is 14.4 Å². The second kappa shape index (κ2) is 15.0. The Bertz CT molecular complexity index is 1920. The maximum atomic E-state index is 14.6. The molecule has 0 fully saturated rings. The zero-order valence-corrected chi connectivity index (χ0v) is 29.3. The summed E-state index contributed by atoms with van der Waals surface area (Å²) in [4.78, 5) is 12.6. The van der Waals surface area contributed by atoms with E-state index in [2.05, 4.69) is 4.72 Å². The number of rotatable bonds is 13. The van der Waals surface area contributed by atoms with E-state index >= 15 is 0 Å². The number of hydrogen-bond acceptors (Lipinski definition) is 7. The summed E-state index contributed by atoms with van der Waals surface area (Å²) >= 11 is 6.35. The van der Waals surface area contributed by atoms with Crippen LogP contribution in [-0.4, -0.2) is 77.6 Å². The molecule has 0 bridgehead atoms. The zero-order chi connectivity index (χ0) is 35.6. The van der Waals surface area contributed by atoms with Crippen molar-refractivity contribution in [2.45, 2.75) is 67.7 Å². The quantitative estimate of drug-likeness (QED) is 0.248. The van der Waals surface area contributed by atoms with Crippen molar-refractivity contribution in [2.24, 2.45) is 0 Å². The van der Waals surface area contributed by atoms with Crippen LogP contribution in [0.4, 0.5) is 13.2 Å². The molecule has 1 atom stereocenters. The third kappa shape index (κ3) is 8.40. The summed E-state index contributed by atoms with van der Waals surface area (Å²) in [6, 6.07) is 13.2. The number of nitrogens with one attached hydrogen (secondary N) is 1. The van der Waals surface area contributed by atoms with E-state index in [9.17, 15) is 34.8 Å². The van der Waals surface area contributed by atoms with Gasteiger partial charge in [0.1, 0.15) is 12.4 Å². The molecular formula is C33H37ClF3N3O7S2. The summed E-state index contributed by atoms with van der Waals surface area (Å²) in [5.41, 5.74) is 2.89. The molecule has 0 saturated carbocycles. The second-order valence-corrected chi connectivity index (χ2v) is 16.0. The SMILES string of the molecule is CCCNS(=O)(=O)c1ccc2c(c1)CC(N(Cc1cc(Cl)ccc1OCCOC)S(=O)(=O)c1ccc3c(c1)CN(C(=O)C(F)(F)F)CC3)C2. The number of carbonyl (C=O) groups excluding carboxylic acids is 1. The number of carbonyl (C=O) groups is 1. The lowest BCUT2D eigenvalue weighted by atomic mass is 10.00. The third-order valence-electron chi connectivity index (χ3n) is 8.57. The molecule has 10 nitrogen and oxygen atoms in total. The van der Waals surface area contributed by atoms with Gasteiger partial charge in [-0.05, 0) is 90.4 Å². The molecule has 3 aromatic carbocycles. The Labute approximate surface area is 289 Å². The standard InChI is InChI=1S/C33H37ClF3N3O7S2/c1-3-11-38-48(42,43)29-7-5-23-16-28(17-24(23)18-29)40(21-26-15-27(34)6-9-31(26)47-14-13-46-2)49(44,45)30-8-4-22-10-12-39(20-25(22)19-30)32(41)33(35,36)37/h4-9,15,18-19,28,38H,3,10-14,16-17,20-21H2,1-2H3. The number of ether oxygens (including phenoxy) is 2. The van der Waals surface area contributed by atoms with Crippen LogP contribution in [0.25, 0.3) is 0 Å². The summed E-state index contributed by atoms with van der Waals surface area (Å²) in [7, 11) is -6.61. The maximum absolute atomic E-state index is 14.6. The lowest BCUT2D eigenvalue weighted by molar-refractivity contribution is -0.186. The summed E-state index contributed by atoms with van der Waals surface area (Å²) in [5.74, 6) is -1.59. The van der Waals surface area contributed by atoms with E-state index in [1.54, 1.807) is 36.4 Å². The van der Waals surface area contributed by atoms with Crippen molar-refractivity contribution in [1.82, 2.24) is 13.9 Å². The minimum absolute atomic E-state index is 0.0751. The number of alkyl halides is 3. The van der Waals surface area contributed by atoms with E-state index in [1.165, 1.54) is 29.6 Å². The van der Waals surface area contributed by atoms with Gasteiger partial charge >= 0.3 is 12.1 Å². The average molecular weight is 744 g/mol. The van der Waals surface area contributed by atoms with E-state index in [-0.39, 0.29) is 68.4 Å². The number of methoxy groups -OCH3 is 1. The van der Waals surface area contributed by atoms with Crippen molar-refractivity contribution >= 4 is 37.6 Å². The van der Waals surface area contributed by atoms with Gasteiger partial charge in [0.2, 0.25) is 20.0 Å². The Balaban J connectivity index is 1.52. The fourth-order valence-electron chi connectivity index (χ4n) is 6.07. The van der Waals surface area contributed by atoms with Gasteiger partial charge in [0, 0.05) is 49.9 Å². The highest BCUT2D eigenvalue weighted by molar-refractivity contribution is 7.89. The Hall–Kier alpha value is -3.21. The second-order valence-electron chi connectivity index (χ2n) is 11.9. The number of fused-ring (bicyclic) bond motifs is 2. The summed E-state index contributed by atoms with van der Waals surface area (Å²) in [5, 5.41) is 0.346. The first-order valence-corrected chi connectivity index (χ1v) is 19.0. The molecule has 1 aliphatic heterocycles. The maximum Gasteiger partial charge on any atom is 0.471 e. The number of halogens is 4. The molecule has 5 rings (SSSR count). The van der Waals surface area contributed by atoms with Gasteiger partial charge in [-0.3, -0.25) is 4.79 Å². The highest BCUT2D eigenvalue weighted by Gasteiger charge is 2.43. The van der Waals surface area contributed by atoms with Gasteiger partial charge in [-0.2, -0.15) is 17.5 Å². The van der Waals surface area contributed by atoms with E-state index in [0.717, 1.165) is 5.56 Å². The number of benzene rings is 3. The van der Waals surface area contributed by atoms with E-state index in [4.69, 9.17) is 21.1 Å². The molecular weight excluding hydrogens is 707 g/mol. The van der Waals surface area contributed by atoms with Crippen molar-refractivity contribution in [3.63, 3.8) is 0 Å². The molecule has 0 radical (unpaired) electrons. The molecule has 0 aromatic heterocycles. The molecule has 266 valence electrons. The fourth-order valence-corrected chi connectivity index (χ4v) is 9.10. The highest BCUT2D eigenvalue weighted by Crippen LogP contribution is 2.35. The Morgan fingerprint density at radius 3 is 2.37 bits per heavy atom. The lowest BCUT2D eigenvalue weighted by Crippen LogP contribution is -2.44. The van der Waals surface area contributed by atoms with Crippen LogP contribution in [0.2, 0.25) is 5.02 Å². The third-order valence-corrected chi connectivity index (χ3v) is 12.2. The van der Waals surface area contributed by atoms with Gasteiger partial charge in [-0.15, -0.1) is 0 Å². The topological polar surface area (TPSA) is 122 Å². The van der Waals surface area contributed by atoms with E-state index in [0.29, 0.717) is 44.3 Å². The molecule has 16 heteroatoms. The minimum atomic E-state index is -5.05. The molecule has 0 saturated heterocycles. The molecule has 0 spiro atoms. The Morgan fingerprint density at radius 1 is 0.959 bits per heavy atom. The number of sulfonamides is 2. The Kier molecular flexibility index (Phi) is 11.3. The predicted molar refractivity (Wildman–Crippen MR) is 176 cm³/mol. The normalized spacial score (nSPS) is 16.5. The van der Waals surface area contributed by atoms with Crippen molar-refractivity contribution in [2.75, 3.05) is 33.4 Å². The van der Waals surface area contributed by atoms with Gasteiger partial charge in [0.05, 0.1) is 16.4 Å². The van der Waals surface area contributed by atoms with Crippen LogP contribution in [0.3, 0.4) is 0 Å². The van der Waals surface area contributed by atoms with Crippen LogP contribution >= 0.6 is 11.6 Å². The fraction of sp³-hybridized carbons (Fsp3) is 0.424. The van der Waals surface area contributed by atoms with Gasteiger partial charge in [-0.25, -0.2) is 21.6 Å². The van der Waals surface area contributed by atoms with Crippen LogP contribution in [0.15, 0.2) is 64.4 Å². The van der Waals surface area contributed by atoms with Crippen molar-refractivity contribution in [3.05, 3.63) is 87.4 Å². The van der Waals surface area contributed by atoms with Crippen LogP contribution in [0, 0.1) is 0 Å². The van der Waals surface area contributed by atoms with E-state index < -0.39 is 38.2 Å². The van der Waals surface area contributed by atoms with Crippen LogP contribution < -0.4 is 9.46 Å². The summed E-state index contributed by atoms with van der Waals surface area (Å²) in [6.45, 7) is 1.88. The van der Waals surface area contributed by atoms with Crippen molar-refractivity contribution < 1.29 is 44.3 Å². The van der Waals surface area contributed by atoms with E-state index in [1.807, 2.05) is 6.92 Å².